The number of methoxy groups -OCH3 is 1. The number of esters is 1. The number of sulfonamides is 1. The highest BCUT2D eigenvalue weighted by Crippen LogP contribution is 2.41. The normalized spacial score (nSPS) is 15.0. The van der Waals surface area contributed by atoms with Crippen LogP contribution in [0.25, 0.3) is 10.8 Å². The summed E-state index contributed by atoms with van der Waals surface area (Å²) in [5.41, 5.74) is 0.414. The number of fused-ring (bicyclic) bond motifs is 2. The monoisotopic (exact) mass is 587 g/mol. The number of hydrogen-bond acceptors (Lipinski definition) is 9. The molecule has 0 aliphatic carbocycles. The molecule has 210 valence electrons. The zero-order valence-corrected chi connectivity index (χ0v) is 23.0. The number of para-hydroxylation sites is 1. The van der Waals surface area contributed by atoms with E-state index in [2.05, 4.69) is 11.2 Å². The molecule has 1 aliphatic rings. The SMILES string of the molecule is C#C[C@H](N[C@@H](C)CC(=O)O)c1ccc(S(=O)(=O)NS(=O)(=O)N2CC(=O)Oc3c(OC)cccc32)c2ccccc12. The molecule has 0 saturated heterocycles. The lowest BCUT2D eigenvalue weighted by Crippen LogP contribution is -2.48. The Morgan fingerprint density at radius 2 is 1.82 bits per heavy atom. The van der Waals surface area contributed by atoms with Crippen molar-refractivity contribution >= 4 is 48.6 Å². The van der Waals surface area contributed by atoms with Crippen molar-refractivity contribution in [2.75, 3.05) is 18.0 Å². The van der Waals surface area contributed by atoms with Gasteiger partial charge in [0.1, 0.15) is 12.2 Å². The van der Waals surface area contributed by atoms with Gasteiger partial charge in [-0.2, -0.15) is 8.42 Å². The van der Waals surface area contributed by atoms with E-state index in [-0.39, 0.29) is 33.9 Å². The van der Waals surface area contributed by atoms with E-state index < -0.39 is 50.8 Å². The first kappa shape index (κ1) is 28.8. The summed E-state index contributed by atoms with van der Waals surface area (Å²) >= 11 is 0. The average Bonchev–Trinajstić information content (AvgIpc) is 2.89. The van der Waals surface area contributed by atoms with Gasteiger partial charge in [-0.15, -0.1) is 6.42 Å². The average molecular weight is 588 g/mol. The number of carboxylic acids is 1. The molecule has 0 spiro atoms. The number of ether oxygens (including phenoxy) is 2. The fourth-order valence-corrected chi connectivity index (χ4v) is 7.59. The number of rotatable bonds is 10. The van der Waals surface area contributed by atoms with Crippen LogP contribution < -0.4 is 23.2 Å². The number of benzene rings is 3. The summed E-state index contributed by atoms with van der Waals surface area (Å²) in [7, 11) is -8.27. The first-order valence-electron chi connectivity index (χ1n) is 11.8. The number of hydrogen-bond donors (Lipinski definition) is 3. The van der Waals surface area contributed by atoms with Gasteiger partial charge in [0.05, 0.1) is 24.5 Å². The predicted molar refractivity (Wildman–Crippen MR) is 146 cm³/mol. The summed E-state index contributed by atoms with van der Waals surface area (Å²) in [5.74, 6) is 0.528. The van der Waals surface area contributed by atoms with E-state index in [1.54, 1.807) is 29.3 Å². The van der Waals surface area contributed by atoms with Crippen molar-refractivity contribution in [3.8, 4) is 23.8 Å². The summed E-state index contributed by atoms with van der Waals surface area (Å²) < 4.78 is 66.3. The molecular weight excluding hydrogens is 562 g/mol. The number of carbonyl (C=O) groups excluding carboxylic acids is 1. The highest BCUT2D eigenvalue weighted by molar-refractivity contribution is 8.05. The number of carboxylic acid groups (broad SMARTS) is 1. The molecule has 1 heterocycles. The van der Waals surface area contributed by atoms with Crippen LogP contribution in [-0.4, -0.2) is 53.6 Å². The zero-order valence-electron chi connectivity index (χ0n) is 21.3. The molecule has 0 radical (unpaired) electrons. The quantitative estimate of drug-likeness (QED) is 0.181. The van der Waals surface area contributed by atoms with Crippen molar-refractivity contribution in [2.24, 2.45) is 0 Å². The van der Waals surface area contributed by atoms with Crippen LogP contribution >= 0.6 is 0 Å². The van der Waals surface area contributed by atoms with Crippen LogP contribution in [-0.2, 0) is 29.8 Å². The van der Waals surface area contributed by atoms with Crippen LogP contribution in [0.3, 0.4) is 0 Å². The summed E-state index contributed by atoms with van der Waals surface area (Å²) in [4.78, 5) is 22.9. The molecule has 0 saturated carbocycles. The Bertz CT molecular complexity index is 1750. The standard InChI is InChI=1S/C26H25N3O9S2/c1-4-20(27-16(2)14-24(30)31)18-12-13-23(19-9-6-5-8-17(18)19)39(33,34)28-40(35,36)29-15-25(32)38-26-21(29)10-7-11-22(26)37-3/h1,5-13,16,20,27-28H,14-15H2,2-3H3,(H,30,31)/t16-,20-/m0/s1. The van der Waals surface area contributed by atoms with E-state index in [1.165, 1.54) is 43.5 Å². The Hall–Kier alpha value is -4.16. The van der Waals surface area contributed by atoms with E-state index in [0.29, 0.717) is 15.3 Å². The number of carbonyl (C=O) groups is 2. The van der Waals surface area contributed by atoms with Gasteiger partial charge in [-0.25, -0.2) is 17.5 Å². The molecular formula is C26H25N3O9S2. The van der Waals surface area contributed by atoms with Crippen molar-refractivity contribution in [1.29, 1.82) is 0 Å². The maximum absolute atomic E-state index is 13.5. The van der Waals surface area contributed by atoms with Gasteiger partial charge < -0.3 is 14.6 Å². The van der Waals surface area contributed by atoms with Crippen molar-refractivity contribution in [3.63, 3.8) is 0 Å². The third-order valence-electron chi connectivity index (χ3n) is 6.06. The van der Waals surface area contributed by atoms with Crippen LogP contribution in [0.4, 0.5) is 5.69 Å². The topological polar surface area (TPSA) is 168 Å². The Morgan fingerprint density at radius 3 is 2.48 bits per heavy atom. The predicted octanol–water partition coefficient (Wildman–Crippen LogP) is 1.92. The van der Waals surface area contributed by atoms with Gasteiger partial charge in [0, 0.05) is 11.4 Å². The van der Waals surface area contributed by atoms with Crippen LogP contribution in [0.2, 0.25) is 0 Å². The van der Waals surface area contributed by atoms with Gasteiger partial charge in [0.15, 0.2) is 11.5 Å². The second kappa shape index (κ2) is 11.1. The largest absolute Gasteiger partial charge is 0.493 e. The molecule has 0 fully saturated rings. The van der Waals surface area contributed by atoms with Crippen LogP contribution in [0, 0.1) is 12.3 Å². The third-order valence-corrected chi connectivity index (χ3v) is 9.62. The number of anilines is 1. The second-order valence-corrected chi connectivity index (χ2v) is 12.3. The van der Waals surface area contributed by atoms with Gasteiger partial charge in [0.25, 0.3) is 10.0 Å². The van der Waals surface area contributed by atoms with Crippen LogP contribution in [0.15, 0.2) is 59.5 Å². The molecule has 12 nitrogen and oxygen atoms in total. The molecule has 0 aromatic heterocycles. The number of aliphatic carboxylic acids is 1. The minimum absolute atomic E-state index is 0.0831. The molecule has 0 unspecified atom stereocenters. The summed E-state index contributed by atoms with van der Waals surface area (Å²) in [5, 5.41) is 12.7. The van der Waals surface area contributed by atoms with Crippen LogP contribution in [0.5, 0.6) is 11.5 Å². The molecule has 3 aromatic rings. The third kappa shape index (κ3) is 5.73. The fourth-order valence-electron chi connectivity index (χ4n) is 4.37. The van der Waals surface area contributed by atoms with Crippen molar-refractivity contribution in [2.45, 2.75) is 30.3 Å². The van der Waals surface area contributed by atoms with Gasteiger partial charge in [0.2, 0.25) is 0 Å². The van der Waals surface area contributed by atoms with E-state index in [9.17, 15) is 26.4 Å². The lowest BCUT2D eigenvalue weighted by atomic mass is 9.98. The summed E-state index contributed by atoms with van der Waals surface area (Å²) in [6, 6.07) is 12.0. The molecule has 2 atom stereocenters. The van der Waals surface area contributed by atoms with Crippen molar-refractivity contribution < 1.29 is 41.0 Å². The highest BCUT2D eigenvalue weighted by atomic mass is 32.3. The fraction of sp³-hybridized carbons (Fsp3) is 0.231. The Labute approximate surface area is 231 Å². The first-order chi connectivity index (χ1) is 18.9. The van der Waals surface area contributed by atoms with Gasteiger partial charge in [-0.3, -0.25) is 10.1 Å². The lowest BCUT2D eigenvalue weighted by Gasteiger charge is -2.29. The molecule has 4 rings (SSSR count). The van der Waals surface area contributed by atoms with Gasteiger partial charge >= 0.3 is 22.1 Å². The lowest BCUT2D eigenvalue weighted by molar-refractivity contribution is -0.137. The summed E-state index contributed by atoms with van der Waals surface area (Å²) in [6.07, 6.45) is 5.52. The van der Waals surface area contributed by atoms with Crippen LogP contribution in [0.1, 0.15) is 24.9 Å². The highest BCUT2D eigenvalue weighted by Gasteiger charge is 2.38. The molecule has 1 aliphatic heterocycles. The van der Waals surface area contributed by atoms with Gasteiger partial charge in [-0.1, -0.05) is 46.4 Å². The molecule has 0 bridgehead atoms. The second-order valence-electron chi connectivity index (χ2n) is 8.84. The van der Waals surface area contributed by atoms with E-state index in [0.717, 1.165) is 0 Å². The molecule has 3 N–H and O–H groups in total. The Kier molecular flexibility index (Phi) is 8.03. The maximum atomic E-state index is 13.5. The van der Waals surface area contributed by atoms with E-state index in [4.69, 9.17) is 21.0 Å². The minimum atomic E-state index is -4.85. The number of terminal acetylenes is 1. The Morgan fingerprint density at radius 1 is 1.12 bits per heavy atom. The van der Waals surface area contributed by atoms with Gasteiger partial charge in [-0.05, 0) is 36.1 Å². The summed E-state index contributed by atoms with van der Waals surface area (Å²) in [6.45, 7) is 0.882. The molecule has 40 heavy (non-hydrogen) atoms. The Balaban J connectivity index is 1.73. The minimum Gasteiger partial charge on any atom is -0.493 e. The molecule has 14 heteroatoms. The van der Waals surface area contributed by atoms with E-state index in [1.807, 2.05) is 0 Å². The van der Waals surface area contributed by atoms with Crippen molar-refractivity contribution in [1.82, 2.24) is 9.44 Å². The van der Waals surface area contributed by atoms with E-state index >= 15 is 0 Å². The maximum Gasteiger partial charge on any atom is 0.332 e. The molecule has 3 aromatic carbocycles. The smallest absolute Gasteiger partial charge is 0.332 e. The molecule has 0 amide bonds. The number of nitrogens with zero attached hydrogens (tertiary/aromatic N) is 1. The number of nitrogens with one attached hydrogen (secondary N) is 2. The van der Waals surface area contributed by atoms with Crippen molar-refractivity contribution in [3.05, 3.63) is 60.2 Å². The zero-order chi connectivity index (χ0) is 29.2. The first-order valence-corrected chi connectivity index (χ1v) is 14.7.